The van der Waals surface area contributed by atoms with E-state index in [4.69, 9.17) is 4.74 Å². The van der Waals surface area contributed by atoms with Crippen LogP contribution in [0.1, 0.15) is 22.6 Å². The van der Waals surface area contributed by atoms with Gasteiger partial charge in [-0.3, -0.25) is 4.98 Å². The second kappa shape index (κ2) is 10.2. The Morgan fingerprint density at radius 3 is 2.50 bits per heavy atom. The summed E-state index contributed by atoms with van der Waals surface area (Å²) in [4.78, 5) is 6.68. The standard InChI is InChI=1S/C39H28N2O/c1-2-13-37-34(12-1)36-26-30(14-16-38(36)41(37)33-11-6-9-29(24-33)28-18-20-40-21-19-28)31-15-17-39-35(25-31)32-10-5-8-27(23-32)7-3-4-22-42-39/h1-26,36,38H/b7-3-,22-4+. The number of hydrogen-bond acceptors (Lipinski definition) is 3. The molecule has 3 heteroatoms. The summed E-state index contributed by atoms with van der Waals surface area (Å²) >= 11 is 0. The highest BCUT2D eigenvalue weighted by Crippen LogP contribution is 2.49. The van der Waals surface area contributed by atoms with Crippen molar-refractivity contribution in [2.45, 2.75) is 12.0 Å². The summed E-state index contributed by atoms with van der Waals surface area (Å²) in [5, 5.41) is 0. The molecule has 0 fully saturated rings. The van der Waals surface area contributed by atoms with Crippen LogP contribution in [0.5, 0.6) is 5.75 Å². The molecule has 0 saturated carbocycles. The average molecular weight is 541 g/mol. The Morgan fingerprint density at radius 2 is 1.55 bits per heavy atom. The Hall–Kier alpha value is -5.41. The molecule has 2 unspecified atom stereocenters. The van der Waals surface area contributed by atoms with Gasteiger partial charge in [0.05, 0.1) is 12.3 Å². The summed E-state index contributed by atoms with van der Waals surface area (Å²) in [5.74, 6) is 1.10. The first-order chi connectivity index (χ1) is 20.8. The maximum Gasteiger partial charge on any atom is 0.134 e. The number of para-hydroxylation sites is 1. The summed E-state index contributed by atoms with van der Waals surface area (Å²) < 4.78 is 6.04. The number of pyridine rings is 1. The van der Waals surface area contributed by atoms with Crippen molar-refractivity contribution in [3.63, 3.8) is 0 Å². The molecule has 3 nitrogen and oxygen atoms in total. The van der Waals surface area contributed by atoms with Crippen LogP contribution in [0.3, 0.4) is 0 Å². The molecular weight excluding hydrogens is 512 g/mol. The number of nitrogens with zero attached hydrogens (tertiary/aromatic N) is 2. The molecule has 1 aromatic heterocycles. The summed E-state index contributed by atoms with van der Waals surface area (Å²) in [6.45, 7) is 0. The largest absolute Gasteiger partial charge is 0.464 e. The molecular formula is C39H28N2O. The van der Waals surface area contributed by atoms with E-state index >= 15 is 0 Å². The quantitative estimate of drug-likeness (QED) is 0.228. The highest BCUT2D eigenvalue weighted by atomic mass is 16.5. The lowest BCUT2D eigenvalue weighted by Crippen LogP contribution is -2.29. The zero-order valence-electron chi connectivity index (χ0n) is 23.0. The Morgan fingerprint density at radius 1 is 0.667 bits per heavy atom. The predicted octanol–water partition coefficient (Wildman–Crippen LogP) is 9.59. The third kappa shape index (κ3) is 4.27. The summed E-state index contributed by atoms with van der Waals surface area (Å²) in [6.07, 6.45) is 18.6. The zero-order valence-corrected chi connectivity index (χ0v) is 23.0. The van der Waals surface area contributed by atoms with Crippen molar-refractivity contribution in [3.8, 4) is 28.0 Å². The minimum Gasteiger partial charge on any atom is -0.464 e. The van der Waals surface area contributed by atoms with Gasteiger partial charge in [-0.05, 0) is 93.6 Å². The number of rotatable bonds is 3. The van der Waals surface area contributed by atoms with Crippen LogP contribution in [0, 0.1) is 0 Å². The van der Waals surface area contributed by atoms with Gasteiger partial charge in [0.1, 0.15) is 5.75 Å². The lowest BCUT2D eigenvalue weighted by atomic mass is 9.85. The molecule has 0 N–H and O–H groups in total. The van der Waals surface area contributed by atoms with E-state index in [1.165, 1.54) is 44.8 Å². The predicted molar refractivity (Wildman–Crippen MR) is 173 cm³/mol. The maximum atomic E-state index is 6.04. The first kappa shape index (κ1) is 24.4. The van der Waals surface area contributed by atoms with Crippen molar-refractivity contribution >= 4 is 23.0 Å². The molecule has 8 rings (SSSR count). The molecule has 4 aromatic carbocycles. The number of aromatic nitrogens is 1. The van der Waals surface area contributed by atoms with Gasteiger partial charge in [0.15, 0.2) is 0 Å². The minimum absolute atomic E-state index is 0.201. The smallest absolute Gasteiger partial charge is 0.134 e. The third-order valence-corrected chi connectivity index (χ3v) is 8.38. The second-order valence-electron chi connectivity index (χ2n) is 10.9. The van der Waals surface area contributed by atoms with Crippen molar-refractivity contribution in [1.82, 2.24) is 4.98 Å². The van der Waals surface area contributed by atoms with Gasteiger partial charge < -0.3 is 9.64 Å². The topological polar surface area (TPSA) is 25.4 Å². The number of anilines is 2. The van der Waals surface area contributed by atoms with Gasteiger partial charge in [0.25, 0.3) is 0 Å². The summed E-state index contributed by atoms with van der Waals surface area (Å²) in [6, 6.07) is 37.1. The zero-order chi connectivity index (χ0) is 27.9. The Balaban J connectivity index is 1.18. The van der Waals surface area contributed by atoms with Crippen LogP contribution in [-0.4, -0.2) is 11.0 Å². The molecule has 0 spiro atoms. The minimum atomic E-state index is 0.201. The van der Waals surface area contributed by atoms with Crippen LogP contribution in [0.4, 0.5) is 11.4 Å². The maximum absolute atomic E-state index is 6.04. The monoisotopic (exact) mass is 540 g/mol. The van der Waals surface area contributed by atoms with Crippen molar-refractivity contribution in [1.29, 1.82) is 0 Å². The van der Waals surface area contributed by atoms with Crippen LogP contribution in [0.2, 0.25) is 0 Å². The fraction of sp³-hybridized carbons (Fsp3) is 0.0513. The molecule has 3 aliphatic rings. The van der Waals surface area contributed by atoms with Crippen molar-refractivity contribution < 1.29 is 4.74 Å². The Kier molecular flexibility index (Phi) is 5.93. The first-order valence-electron chi connectivity index (χ1n) is 14.4. The highest BCUT2D eigenvalue weighted by molar-refractivity contribution is 5.86. The molecule has 2 bridgehead atoms. The van der Waals surface area contributed by atoms with E-state index in [9.17, 15) is 0 Å². The first-order valence-corrected chi connectivity index (χ1v) is 14.4. The fourth-order valence-corrected chi connectivity index (χ4v) is 6.40. The molecule has 0 radical (unpaired) electrons. The van der Waals surface area contributed by atoms with Gasteiger partial charge in [-0.15, -0.1) is 0 Å². The van der Waals surface area contributed by atoms with Gasteiger partial charge in [-0.25, -0.2) is 0 Å². The Labute approximate surface area is 246 Å². The van der Waals surface area contributed by atoms with Gasteiger partial charge in [0.2, 0.25) is 0 Å². The highest BCUT2D eigenvalue weighted by Gasteiger charge is 2.38. The molecule has 0 saturated heterocycles. The molecule has 3 heterocycles. The van der Waals surface area contributed by atoms with Gasteiger partial charge in [-0.1, -0.05) is 85.0 Å². The number of ether oxygens (including phenoxy) is 1. The van der Waals surface area contributed by atoms with Crippen LogP contribution >= 0.6 is 0 Å². The SMILES string of the molecule is C1=CC2C(C=C1c1ccc3c(c1)-c1cccc(c1)/C=C\C=C\O3)c1ccccc1N2c1cccc(-c2ccncc2)c1. The lowest BCUT2D eigenvalue weighted by Gasteiger charge is -2.30. The normalized spacial score (nSPS) is 19.5. The van der Waals surface area contributed by atoms with E-state index in [0.29, 0.717) is 0 Å². The van der Waals surface area contributed by atoms with Gasteiger partial charge >= 0.3 is 0 Å². The number of fused-ring (bicyclic) bond motifs is 7. The lowest BCUT2D eigenvalue weighted by molar-refractivity contribution is 0.483. The summed E-state index contributed by atoms with van der Waals surface area (Å²) in [7, 11) is 0. The van der Waals surface area contributed by atoms with E-state index in [1.807, 2.05) is 24.5 Å². The van der Waals surface area contributed by atoms with Crippen molar-refractivity contribution in [2.75, 3.05) is 4.90 Å². The van der Waals surface area contributed by atoms with E-state index in [2.05, 4.69) is 137 Å². The number of hydrogen-bond donors (Lipinski definition) is 0. The molecule has 0 amide bonds. The van der Waals surface area contributed by atoms with Gasteiger partial charge in [-0.2, -0.15) is 0 Å². The van der Waals surface area contributed by atoms with E-state index in [1.54, 1.807) is 6.26 Å². The van der Waals surface area contributed by atoms with Crippen LogP contribution in [-0.2, 0) is 0 Å². The molecule has 2 atom stereocenters. The molecule has 5 aromatic rings. The number of benzene rings is 4. The molecule has 200 valence electrons. The van der Waals surface area contributed by atoms with E-state index in [0.717, 1.165) is 16.9 Å². The van der Waals surface area contributed by atoms with Crippen LogP contribution < -0.4 is 9.64 Å². The van der Waals surface area contributed by atoms with E-state index in [-0.39, 0.29) is 12.0 Å². The molecule has 42 heavy (non-hydrogen) atoms. The third-order valence-electron chi connectivity index (χ3n) is 8.38. The van der Waals surface area contributed by atoms with Gasteiger partial charge in [0, 0.05) is 35.2 Å². The fourth-order valence-electron chi connectivity index (χ4n) is 6.40. The number of allylic oxidation sites excluding steroid dienone is 4. The van der Waals surface area contributed by atoms with E-state index < -0.39 is 0 Å². The van der Waals surface area contributed by atoms with Crippen LogP contribution in [0.15, 0.2) is 152 Å². The van der Waals surface area contributed by atoms with Crippen LogP contribution in [0.25, 0.3) is 33.9 Å². The summed E-state index contributed by atoms with van der Waals surface area (Å²) in [5.41, 5.74) is 12.0. The molecule has 2 aliphatic heterocycles. The van der Waals surface area contributed by atoms with Crippen molar-refractivity contribution in [2.24, 2.45) is 0 Å². The van der Waals surface area contributed by atoms with Crippen molar-refractivity contribution in [3.05, 3.63) is 169 Å². The second-order valence-corrected chi connectivity index (χ2v) is 10.9. The Bertz CT molecular complexity index is 1930. The molecule has 1 aliphatic carbocycles. The average Bonchev–Trinajstić information content (AvgIpc) is 3.39.